The van der Waals surface area contributed by atoms with E-state index in [9.17, 15) is 4.79 Å². The number of imidazole rings is 1. The van der Waals surface area contributed by atoms with Crippen molar-refractivity contribution in [2.75, 3.05) is 6.54 Å². The van der Waals surface area contributed by atoms with Gasteiger partial charge in [0.25, 0.3) is 5.91 Å². The molecule has 4 heteroatoms. The van der Waals surface area contributed by atoms with E-state index < -0.39 is 0 Å². The summed E-state index contributed by atoms with van der Waals surface area (Å²) in [7, 11) is 0. The summed E-state index contributed by atoms with van der Waals surface area (Å²) in [5.41, 5.74) is 5.96. The van der Waals surface area contributed by atoms with Crippen molar-refractivity contribution in [3.63, 3.8) is 0 Å². The highest BCUT2D eigenvalue weighted by Crippen LogP contribution is 2.25. The minimum atomic E-state index is 0.0803. The molecule has 120 valence electrons. The lowest BCUT2D eigenvalue weighted by Gasteiger charge is -2.29. The van der Waals surface area contributed by atoms with Gasteiger partial charge in [-0.25, -0.2) is 4.98 Å². The second-order valence-corrected chi connectivity index (χ2v) is 6.89. The minimum absolute atomic E-state index is 0.0803. The van der Waals surface area contributed by atoms with Crippen molar-refractivity contribution in [1.82, 2.24) is 14.5 Å². The molecule has 0 unspecified atom stereocenters. The van der Waals surface area contributed by atoms with Gasteiger partial charge in [-0.2, -0.15) is 0 Å². The summed E-state index contributed by atoms with van der Waals surface area (Å²) in [5, 5.41) is 0. The van der Waals surface area contributed by atoms with Gasteiger partial charge in [-0.1, -0.05) is 17.7 Å². The standard InChI is InChI=1S/C19H23N3O/c1-13-9-14(2)16-6-8-22(11-15(16)10-13)19(23)17-12-21-7-4-3-5-18(21)20-17/h9-10,12H,3-8,11H2,1-2H3. The molecular weight excluding hydrogens is 286 g/mol. The molecule has 2 aliphatic rings. The Morgan fingerprint density at radius 3 is 2.83 bits per heavy atom. The van der Waals surface area contributed by atoms with Gasteiger partial charge in [-0.05, 0) is 49.8 Å². The van der Waals surface area contributed by atoms with Crippen molar-refractivity contribution < 1.29 is 4.79 Å². The molecule has 0 atom stereocenters. The van der Waals surface area contributed by atoms with Crippen LogP contribution < -0.4 is 0 Å². The van der Waals surface area contributed by atoms with Crippen LogP contribution in [0.25, 0.3) is 0 Å². The number of rotatable bonds is 1. The molecule has 0 bridgehead atoms. The van der Waals surface area contributed by atoms with Gasteiger partial charge in [-0.3, -0.25) is 4.79 Å². The fourth-order valence-corrected chi connectivity index (χ4v) is 3.97. The smallest absolute Gasteiger partial charge is 0.274 e. The second-order valence-electron chi connectivity index (χ2n) is 6.89. The van der Waals surface area contributed by atoms with Gasteiger partial charge in [0.05, 0.1) is 0 Å². The molecule has 0 aliphatic carbocycles. The van der Waals surface area contributed by atoms with Gasteiger partial charge in [0.15, 0.2) is 0 Å². The molecule has 0 saturated carbocycles. The predicted molar refractivity (Wildman–Crippen MR) is 89.5 cm³/mol. The van der Waals surface area contributed by atoms with Gasteiger partial charge in [0.2, 0.25) is 0 Å². The van der Waals surface area contributed by atoms with E-state index in [1.807, 2.05) is 11.1 Å². The maximum absolute atomic E-state index is 12.8. The van der Waals surface area contributed by atoms with Crippen LogP contribution in [0.4, 0.5) is 0 Å². The van der Waals surface area contributed by atoms with Crippen molar-refractivity contribution in [1.29, 1.82) is 0 Å². The summed E-state index contributed by atoms with van der Waals surface area (Å²) in [5.74, 6) is 1.15. The molecule has 1 amide bonds. The van der Waals surface area contributed by atoms with Gasteiger partial charge in [0.1, 0.15) is 11.5 Å². The van der Waals surface area contributed by atoms with Crippen molar-refractivity contribution in [2.24, 2.45) is 0 Å². The Morgan fingerprint density at radius 2 is 2.00 bits per heavy atom. The van der Waals surface area contributed by atoms with E-state index in [1.165, 1.54) is 35.1 Å². The maximum atomic E-state index is 12.8. The van der Waals surface area contributed by atoms with E-state index in [0.29, 0.717) is 12.2 Å². The van der Waals surface area contributed by atoms with Crippen LogP contribution in [-0.2, 0) is 25.9 Å². The van der Waals surface area contributed by atoms with E-state index >= 15 is 0 Å². The Labute approximate surface area is 137 Å². The average Bonchev–Trinajstić information content (AvgIpc) is 2.97. The van der Waals surface area contributed by atoms with Crippen molar-refractivity contribution in [2.45, 2.75) is 52.6 Å². The lowest BCUT2D eigenvalue weighted by Crippen LogP contribution is -2.36. The third kappa shape index (κ3) is 2.56. The van der Waals surface area contributed by atoms with Gasteiger partial charge >= 0.3 is 0 Å². The first-order valence-corrected chi connectivity index (χ1v) is 8.56. The number of fused-ring (bicyclic) bond motifs is 2. The van der Waals surface area contributed by atoms with Crippen LogP contribution in [0.1, 0.15) is 51.4 Å². The Morgan fingerprint density at radius 1 is 1.13 bits per heavy atom. The summed E-state index contributed by atoms with van der Waals surface area (Å²) in [6, 6.07) is 4.46. The summed E-state index contributed by atoms with van der Waals surface area (Å²) >= 11 is 0. The molecule has 2 aromatic rings. The number of hydrogen-bond donors (Lipinski definition) is 0. The maximum Gasteiger partial charge on any atom is 0.274 e. The number of nitrogens with zero attached hydrogens (tertiary/aromatic N) is 3. The van der Waals surface area contributed by atoms with Gasteiger partial charge in [-0.15, -0.1) is 0 Å². The zero-order valence-corrected chi connectivity index (χ0v) is 13.9. The molecule has 0 spiro atoms. The van der Waals surface area contributed by atoms with Crippen molar-refractivity contribution in [3.8, 4) is 0 Å². The summed E-state index contributed by atoms with van der Waals surface area (Å²) in [6.45, 7) is 6.79. The molecule has 1 aromatic heterocycles. The summed E-state index contributed by atoms with van der Waals surface area (Å²) in [6.07, 6.45) is 6.26. The van der Waals surface area contributed by atoms with Crippen LogP contribution in [0.3, 0.4) is 0 Å². The lowest BCUT2D eigenvalue weighted by atomic mass is 9.93. The topological polar surface area (TPSA) is 38.1 Å². The van der Waals surface area contributed by atoms with Crippen LogP contribution in [0, 0.1) is 13.8 Å². The Hall–Kier alpha value is -2.10. The molecule has 0 radical (unpaired) electrons. The van der Waals surface area contributed by atoms with E-state index in [1.54, 1.807) is 0 Å². The number of carbonyl (C=O) groups is 1. The van der Waals surface area contributed by atoms with Crippen LogP contribution in [0.5, 0.6) is 0 Å². The van der Waals surface area contributed by atoms with Crippen molar-refractivity contribution in [3.05, 3.63) is 52.1 Å². The first kappa shape index (κ1) is 14.5. The number of benzene rings is 1. The largest absolute Gasteiger partial charge is 0.334 e. The van der Waals surface area contributed by atoms with Crippen LogP contribution in [0.2, 0.25) is 0 Å². The third-order valence-electron chi connectivity index (χ3n) is 5.12. The zero-order valence-electron chi connectivity index (χ0n) is 13.9. The highest BCUT2D eigenvalue weighted by molar-refractivity contribution is 5.92. The van der Waals surface area contributed by atoms with E-state index in [2.05, 4.69) is 35.5 Å². The average molecular weight is 309 g/mol. The van der Waals surface area contributed by atoms with E-state index in [4.69, 9.17) is 0 Å². The molecule has 1 aromatic carbocycles. The number of hydrogen-bond acceptors (Lipinski definition) is 2. The molecule has 0 fully saturated rings. The van der Waals surface area contributed by atoms with Gasteiger partial charge in [0, 0.05) is 32.3 Å². The highest BCUT2D eigenvalue weighted by atomic mass is 16.2. The zero-order chi connectivity index (χ0) is 16.0. The normalized spacial score (nSPS) is 16.9. The molecule has 4 rings (SSSR count). The molecule has 0 saturated heterocycles. The fraction of sp³-hybridized carbons (Fsp3) is 0.474. The molecule has 2 aliphatic heterocycles. The second kappa shape index (κ2) is 5.52. The van der Waals surface area contributed by atoms with E-state index in [0.717, 1.165) is 31.8 Å². The van der Waals surface area contributed by atoms with Crippen LogP contribution in [-0.4, -0.2) is 26.9 Å². The summed E-state index contributed by atoms with van der Waals surface area (Å²) in [4.78, 5) is 19.4. The number of aryl methyl sites for hydroxylation is 4. The minimum Gasteiger partial charge on any atom is -0.334 e. The third-order valence-corrected chi connectivity index (χ3v) is 5.12. The Balaban J connectivity index is 1.59. The molecule has 23 heavy (non-hydrogen) atoms. The number of aromatic nitrogens is 2. The summed E-state index contributed by atoms with van der Waals surface area (Å²) < 4.78 is 2.16. The quantitative estimate of drug-likeness (QED) is 0.812. The van der Waals surface area contributed by atoms with E-state index in [-0.39, 0.29) is 5.91 Å². The van der Waals surface area contributed by atoms with Crippen molar-refractivity contribution >= 4 is 5.91 Å². The van der Waals surface area contributed by atoms with Crippen LogP contribution in [0.15, 0.2) is 18.3 Å². The van der Waals surface area contributed by atoms with Gasteiger partial charge < -0.3 is 9.47 Å². The SMILES string of the molecule is Cc1cc(C)c2c(c1)CN(C(=O)c1cn3c(n1)CCCC3)CC2. The van der Waals surface area contributed by atoms with Crippen LogP contribution >= 0.6 is 0 Å². The Kier molecular flexibility index (Phi) is 3.47. The number of carbonyl (C=O) groups excluding carboxylic acids is 1. The predicted octanol–water partition coefficient (Wildman–Crippen LogP) is 3.03. The molecule has 4 nitrogen and oxygen atoms in total. The fourth-order valence-electron chi connectivity index (χ4n) is 3.97. The molecule has 3 heterocycles. The first-order chi connectivity index (χ1) is 11.1. The number of amides is 1. The molecule has 0 N–H and O–H groups in total. The highest BCUT2D eigenvalue weighted by Gasteiger charge is 2.25. The Bertz CT molecular complexity index is 752. The monoisotopic (exact) mass is 309 g/mol. The lowest BCUT2D eigenvalue weighted by molar-refractivity contribution is 0.0729. The first-order valence-electron chi connectivity index (χ1n) is 8.56. The molecular formula is C19H23N3O.